The summed E-state index contributed by atoms with van der Waals surface area (Å²) in [6.07, 6.45) is 1.58. The fraction of sp³-hybridized carbons (Fsp3) is 0.133. The van der Waals surface area contributed by atoms with Crippen LogP contribution in [-0.2, 0) is 7.05 Å². The van der Waals surface area contributed by atoms with Crippen LogP contribution in [0.3, 0.4) is 0 Å². The van der Waals surface area contributed by atoms with Crippen molar-refractivity contribution in [3.05, 3.63) is 62.0 Å². The van der Waals surface area contributed by atoms with Crippen LogP contribution in [0.1, 0.15) is 5.69 Å². The monoisotopic (exact) mass is 343 g/mol. The lowest BCUT2D eigenvalue weighted by Gasteiger charge is -2.06. The Kier molecular flexibility index (Phi) is 4.09. The molecule has 8 nitrogen and oxygen atoms in total. The van der Waals surface area contributed by atoms with Crippen LogP contribution < -0.4 is 10.2 Å². The number of non-ortho nitro benzene ring substituents is 1. The summed E-state index contributed by atoms with van der Waals surface area (Å²) in [5.74, 6) is 0.302. The summed E-state index contributed by atoms with van der Waals surface area (Å²) < 4.78 is 1.57. The lowest BCUT2D eigenvalue weighted by Crippen LogP contribution is -2.08. The van der Waals surface area contributed by atoms with E-state index in [-0.39, 0.29) is 10.6 Å². The number of hydrogen-bond donors (Lipinski definition) is 1. The van der Waals surface area contributed by atoms with Crippen molar-refractivity contribution >= 4 is 28.7 Å². The fourth-order valence-electron chi connectivity index (χ4n) is 2.13. The van der Waals surface area contributed by atoms with Crippen molar-refractivity contribution in [1.82, 2.24) is 14.5 Å². The van der Waals surface area contributed by atoms with Gasteiger partial charge in [0.05, 0.1) is 15.5 Å². The normalized spacial score (nSPS) is 10.6. The van der Waals surface area contributed by atoms with E-state index >= 15 is 0 Å². The van der Waals surface area contributed by atoms with Crippen molar-refractivity contribution < 1.29 is 4.92 Å². The quantitative estimate of drug-likeness (QED) is 0.577. The van der Waals surface area contributed by atoms with Crippen LogP contribution in [-0.4, -0.2) is 19.5 Å². The van der Waals surface area contributed by atoms with Crippen LogP contribution in [0.15, 0.2) is 41.3 Å². The van der Waals surface area contributed by atoms with Gasteiger partial charge >= 0.3 is 4.87 Å². The maximum Gasteiger partial charge on any atom is 0.307 e. The van der Waals surface area contributed by atoms with Crippen molar-refractivity contribution in [2.75, 3.05) is 5.32 Å². The smallest absolute Gasteiger partial charge is 0.307 e. The van der Waals surface area contributed by atoms with Crippen molar-refractivity contribution in [3.63, 3.8) is 0 Å². The van der Waals surface area contributed by atoms with Gasteiger partial charge in [0.25, 0.3) is 5.69 Å². The molecule has 0 fully saturated rings. The zero-order valence-electron chi connectivity index (χ0n) is 12.9. The van der Waals surface area contributed by atoms with Crippen LogP contribution in [0.2, 0.25) is 0 Å². The van der Waals surface area contributed by atoms with Crippen LogP contribution in [0.25, 0.3) is 10.6 Å². The minimum absolute atomic E-state index is 0.0201. The summed E-state index contributed by atoms with van der Waals surface area (Å²) in [7, 11) is 1.71. The van der Waals surface area contributed by atoms with E-state index in [0.29, 0.717) is 17.3 Å². The van der Waals surface area contributed by atoms with Crippen LogP contribution >= 0.6 is 11.3 Å². The Balaban J connectivity index is 1.94. The number of aromatic nitrogens is 3. The highest BCUT2D eigenvalue weighted by atomic mass is 32.1. The molecule has 0 aliphatic carbocycles. The standard InChI is InChI=1S/C15H13N5O3S/c1-9-13(24-15(21)19(9)2)12-6-7-16-14(18-12)17-10-4-3-5-11(8-10)20(22)23/h3-8H,1-2H3,(H,16,17,18). The summed E-state index contributed by atoms with van der Waals surface area (Å²) >= 11 is 1.12. The summed E-state index contributed by atoms with van der Waals surface area (Å²) in [5.41, 5.74) is 1.94. The Morgan fingerprint density at radius 2 is 2.12 bits per heavy atom. The van der Waals surface area contributed by atoms with Gasteiger partial charge in [-0.05, 0) is 19.1 Å². The number of hydrogen-bond acceptors (Lipinski definition) is 7. The molecule has 122 valence electrons. The first kappa shape index (κ1) is 15.8. The Bertz CT molecular complexity index is 979. The molecule has 3 aromatic rings. The number of nitrogens with zero attached hydrogens (tertiary/aromatic N) is 4. The first-order valence-electron chi connectivity index (χ1n) is 6.97. The number of nitrogens with one attached hydrogen (secondary N) is 1. The van der Waals surface area contributed by atoms with Gasteiger partial charge in [0.1, 0.15) is 0 Å². The van der Waals surface area contributed by atoms with E-state index in [1.165, 1.54) is 12.1 Å². The average molecular weight is 343 g/mol. The Labute approximate surface area is 140 Å². The molecule has 0 unspecified atom stereocenters. The largest absolute Gasteiger partial charge is 0.324 e. The SMILES string of the molecule is Cc1c(-c2ccnc(Nc3cccc([N+](=O)[O-])c3)n2)sc(=O)n1C. The van der Waals surface area contributed by atoms with Gasteiger partial charge in [-0.1, -0.05) is 17.4 Å². The number of rotatable bonds is 4. The summed E-state index contributed by atoms with van der Waals surface area (Å²) in [4.78, 5) is 31.4. The second kappa shape index (κ2) is 6.20. The Morgan fingerprint density at radius 3 is 2.79 bits per heavy atom. The molecule has 24 heavy (non-hydrogen) atoms. The van der Waals surface area contributed by atoms with Gasteiger partial charge in [-0.25, -0.2) is 9.97 Å². The third kappa shape index (κ3) is 3.01. The molecule has 0 atom stereocenters. The Morgan fingerprint density at radius 1 is 1.33 bits per heavy atom. The molecule has 0 amide bonds. The molecular weight excluding hydrogens is 330 g/mol. The molecule has 3 rings (SSSR count). The zero-order chi connectivity index (χ0) is 17.3. The maximum atomic E-state index is 11.8. The van der Waals surface area contributed by atoms with Gasteiger partial charge in [0.15, 0.2) is 0 Å². The van der Waals surface area contributed by atoms with Gasteiger partial charge < -0.3 is 9.88 Å². The number of nitro benzene ring substituents is 1. The number of nitro groups is 1. The minimum Gasteiger partial charge on any atom is -0.324 e. The van der Waals surface area contributed by atoms with Gasteiger partial charge in [-0.2, -0.15) is 0 Å². The van der Waals surface area contributed by atoms with E-state index in [0.717, 1.165) is 21.9 Å². The minimum atomic E-state index is -0.465. The van der Waals surface area contributed by atoms with Crippen LogP contribution in [0.5, 0.6) is 0 Å². The molecular formula is C15H13N5O3S. The molecule has 9 heteroatoms. The van der Waals surface area contributed by atoms with Crippen molar-refractivity contribution in [3.8, 4) is 10.6 Å². The highest BCUT2D eigenvalue weighted by Crippen LogP contribution is 2.26. The number of thiazole rings is 1. The number of benzene rings is 1. The molecule has 2 aromatic heterocycles. The lowest BCUT2D eigenvalue weighted by molar-refractivity contribution is -0.384. The maximum absolute atomic E-state index is 11.8. The van der Waals surface area contributed by atoms with E-state index in [4.69, 9.17) is 0 Å². The van der Waals surface area contributed by atoms with Crippen LogP contribution in [0.4, 0.5) is 17.3 Å². The zero-order valence-corrected chi connectivity index (χ0v) is 13.7. The van der Waals surface area contributed by atoms with E-state index in [9.17, 15) is 14.9 Å². The van der Waals surface area contributed by atoms with Crippen LogP contribution in [0, 0.1) is 17.0 Å². The summed E-state index contributed by atoms with van der Waals surface area (Å²) in [6, 6.07) is 7.80. The third-order valence-electron chi connectivity index (χ3n) is 3.50. The van der Waals surface area contributed by atoms with E-state index in [1.807, 2.05) is 6.92 Å². The Hall–Kier alpha value is -3.07. The molecule has 0 saturated carbocycles. The predicted octanol–water partition coefficient (Wildman–Crippen LogP) is 2.86. The van der Waals surface area contributed by atoms with Gasteiger partial charge in [-0.3, -0.25) is 14.9 Å². The predicted molar refractivity (Wildman–Crippen MR) is 91.7 cm³/mol. The molecule has 0 saturated heterocycles. The second-order valence-corrected chi connectivity index (χ2v) is 6.00. The van der Waals surface area contributed by atoms with Crippen molar-refractivity contribution in [2.24, 2.45) is 7.05 Å². The summed E-state index contributed by atoms with van der Waals surface area (Å²) in [6.45, 7) is 1.85. The van der Waals surface area contributed by atoms with E-state index < -0.39 is 4.92 Å². The lowest BCUT2D eigenvalue weighted by atomic mass is 10.3. The van der Waals surface area contributed by atoms with Gasteiger partial charge in [0, 0.05) is 36.8 Å². The van der Waals surface area contributed by atoms with Crippen molar-refractivity contribution in [2.45, 2.75) is 6.92 Å². The van der Waals surface area contributed by atoms with E-state index in [1.54, 1.807) is 36.0 Å². The molecule has 0 spiro atoms. The molecule has 0 aliphatic rings. The second-order valence-electron chi connectivity index (χ2n) is 5.04. The molecule has 0 bridgehead atoms. The first-order chi connectivity index (χ1) is 11.5. The molecule has 0 radical (unpaired) electrons. The highest BCUT2D eigenvalue weighted by molar-refractivity contribution is 7.13. The topological polar surface area (TPSA) is 103 Å². The fourth-order valence-corrected chi connectivity index (χ4v) is 3.08. The molecule has 1 aromatic carbocycles. The summed E-state index contributed by atoms with van der Waals surface area (Å²) in [5, 5.41) is 13.8. The molecule has 2 heterocycles. The molecule has 1 N–H and O–H groups in total. The molecule has 0 aliphatic heterocycles. The average Bonchev–Trinajstić information content (AvgIpc) is 2.83. The third-order valence-corrected chi connectivity index (χ3v) is 4.65. The van der Waals surface area contributed by atoms with E-state index in [2.05, 4.69) is 15.3 Å². The highest BCUT2D eigenvalue weighted by Gasteiger charge is 2.13. The number of anilines is 2. The van der Waals surface area contributed by atoms with Gasteiger partial charge in [-0.15, -0.1) is 0 Å². The van der Waals surface area contributed by atoms with Crippen molar-refractivity contribution in [1.29, 1.82) is 0 Å². The first-order valence-corrected chi connectivity index (χ1v) is 7.78. The van der Waals surface area contributed by atoms with Gasteiger partial charge in [0.2, 0.25) is 5.95 Å².